The molecule has 0 saturated carbocycles. The lowest BCUT2D eigenvalue weighted by Gasteiger charge is -2.16. The maximum atomic E-state index is 5.96. The van der Waals surface area contributed by atoms with Crippen molar-refractivity contribution in [2.24, 2.45) is 0 Å². The first-order valence-electron chi connectivity index (χ1n) is 9.09. The van der Waals surface area contributed by atoms with Crippen LogP contribution in [0, 0.1) is 0 Å². The van der Waals surface area contributed by atoms with E-state index in [-0.39, 0.29) is 11.2 Å². The largest absolute Gasteiger partial charge is 0.489 e. The zero-order valence-electron chi connectivity index (χ0n) is 15.6. The highest BCUT2D eigenvalue weighted by molar-refractivity contribution is 5.44. The molecule has 1 fully saturated rings. The van der Waals surface area contributed by atoms with Gasteiger partial charge in [0.15, 0.2) is 0 Å². The van der Waals surface area contributed by atoms with Gasteiger partial charge in [0.1, 0.15) is 23.7 Å². The Bertz CT molecular complexity index is 632. The minimum atomic E-state index is -0.102. The molecule has 0 aromatic heterocycles. The average molecular weight is 330 g/mol. The van der Waals surface area contributed by atoms with Crippen LogP contribution < -0.4 is 9.47 Å². The standard InChI is InChI=1S/C21H30O3/c1-6-21(5)19(24-21)10-7-15(2)11-12-22-17-9-8-16-14-20(3,4)23-18(16)13-17/h8-9,11,13,19H,6-7,10,12,14H2,1-5H3. The van der Waals surface area contributed by atoms with Crippen molar-refractivity contribution in [2.75, 3.05) is 6.61 Å². The van der Waals surface area contributed by atoms with Crippen molar-refractivity contribution in [1.29, 1.82) is 0 Å². The first-order valence-corrected chi connectivity index (χ1v) is 9.09. The van der Waals surface area contributed by atoms with Crippen molar-refractivity contribution < 1.29 is 14.2 Å². The smallest absolute Gasteiger partial charge is 0.127 e. The zero-order chi connectivity index (χ0) is 17.4. The molecule has 0 amide bonds. The van der Waals surface area contributed by atoms with Crippen LogP contribution in [0.2, 0.25) is 0 Å². The third kappa shape index (κ3) is 3.94. The number of allylic oxidation sites excluding steroid dienone is 1. The van der Waals surface area contributed by atoms with Crippen LogP contribution in [0.1, 0.15) is 59.4 Å². The Balaban J connectivity index is 1.45. The summed E-state index contributed by atoms with van der Waals surface area (Å²) >= 11 is 0. The van der Waals surface area contributed by atoms with Crippen LogP contribution in [0.15, 0.2) is 29.8 Å². The lowest BCUT2D eigenvalue weighted by Crippen LogP contribution is -2.24. The van der Waals surface area contributed by atoms with Gasteiger partial charge in [-0.15, -0.1) is 0 Å². The fourth-order valence-corrected chi connectivity index (χ4v) is 3.37. The third-order valence-corrected chi connectivity index (χ3v) is 5.26. The molecule has 3 nitrogen and oxygen atoms in total. The molecule has 3 heteroatoms. The lowest BCUT2D eigenvalue weighted by molar-refractivity contribution is 0.138. The van der Waals surface area contributed by atoms with Gasteiger partial charge in [-0.05, 0) is 64.7 Å². The van der Waals surface area contributed by atoms with Gasteiger partial charge in [-0.3, -0.25) is 0 Å². The van der Waals surface area contributed by atoms with E-state index in [0.717, 1.165) is 37.2 Å². The second-order valence-corrected chi connectivity index (χ2v) is 7.98. The summed E-state index contributed by atoms with van der Waals surface area (Å²) in [4.78, 5) is 0. The highest BCUT2D eigenvalue weighted by atomic mass is 16.6. The van der Waals surface area contributed by atoms with E-state index in [1.54, 1.807) is 0 Å². The quantitative estimate of drug-likeness (QED) is 0.516. The minimum Gasteiger partial charge on any atom is -0.489 e. The summed E-state index contributed by atoms with van der Waals surface area (Å²) < 4.78 is 17.6. The molecular weight excluding hydrogens is 300 g/mol. The van der Waals surface area contributed by atoms with Gasteiger partial charge in [-0.2, -0.15) is 0 Å². The SMILES string of the molecule is CCC1(C)OC1CCC(C)=CCOc1ccc2c(c1)OC(C)(C)C2. The molecule has 0 bridgehead atoms. The van der Waals surface area contributed by atoms with E-state index in [0.29, 0.717) is 12.7 Å². The molecular formula is C21H30O3. The van der Waals surface area contributed by atoms with Gasteiger partial charge in [0.2, 0.25) is 0 Å². The van der Waals surface area contributed by atoms with Crippen LogP contribution >= 0.6 is 0 Å². The van der Waals surface area contributed by atoms with Gasteiger partial charge in [-0.25, -0.2) is 0 Å². The summed E-state index contributed by atoms with van der Waals surface area (Å²) in [7, 11) is 0. The molecule has 2 aliphatic heterocycles. The Morgan fingerprint density at radius 2 is 2.12 bits per heavy atom. The summed E-state index contributed by atoms with van der Waals surface area (Å²) in [5, 5.41) is 0. The molecule has 1 aromatic carbocycles. The van der Waals surface area contributed by atoms with Gasteiger partial charge in [0.05, 0.1) is 11.7 Å². The van der Waals surface area contributed by atoms with Crippen LogP contribution in [-0.4, -0.2) is 23.9 Å². The van der Waals surface area contributed by atoms with E-state index < -0.39 is 0 Å². The molecule has 1 saturated heterocycles. The van der Waals surface area contributed by atoms with E-state index >= 15 is 0 Å². The van der Waals surface area contributed by atoms with E-state index in [2.05, 4.69) is 46.8 Å². The van der Waals surface area contributed by atoms with Gasteiger partial charge < -0.3 is 14.2 Å². The van der Waals surface area contributed by atoms with Crippen LogP contribution in [0.5, 0.6) is 11.5 Å². The second kappa shape index (κ2) is 6.44. The molecule has 2 unspecified atom stereocenters. The van der Waals surface area contributed by atoms with Crippen LogP contribution in [0.4, 0.5) is 0 Å². The molecule has 0 N–H and O–H groups in total. The third-order valence-electron chi connectivity index (χ3n) is 5.26. The summed E-state index contributed by atoms with van der Waals surface area (Å²) in [5.41, 5.74) is 2.66. The predicted octanol–water partition coefficient (Wildman–Crippen LogP) is 5.07. The average Bonchev–Trinajstić information content (AvgIpc) is 3.07. The summed E-state index contributed by atoms with van der Waals surface area (Å²) in [6.07, 6.45) is 6.84. The summed E-state index contributed by atoms with van der Waals surface area (Å²) in [6, 6.07) is 6.17. The maximum absolute atomic E-state index is 5.96. The summed E-state index contributed by atoms with van der Waals surface area (Å²) in [6.45, 7) is 11.4. The van der Waals surface area contributed by atoms with Crippen molar-refractivity contribution in [2.45, 2.75) is 77.6 Å². The van der Waals surface area contributed by atoms with E-state index in [9.17, 15) is 0 Å². The van der Waals surface area contributed by atoms with Crippen molar-refractivity contribution in [1.82, 2.24) is 0 Å². The Kier molecular flexibility index (Phi) is 4.65. The topological polar surface area (TPSA) is 31.0 Å². The van der Waals surface area contributed by atoms with E-state index in [1.807, 2.05) is 12.1 Å². The van der Waals surface area contributed by atoms with Crippen molar-refractivity contribution in [3.8, 4) is 11.5 Å². The number of fused-ring (bicyclic) bond motifs is 1. The number of rotatable bonds is 7. The Morgan fingerprint density at radius 1 is 1.33 bits per heavy atom. The molecule has 24 heavy (non-hydrogen) atoms. The maximum Gasteiger partial charge on any atom is 0.127 e. The van der Waals surface area contributed by atoms with Crippen molar-refractivity contribution >= 4 is 0 Å². The van der Waals surface area contributed by atoms with Gasteiger partial charge >= 0.3 is 0 Å². The van der Waals surface area contributed by atoms with Crippen LogP contribution in [0.3, 0.4) is 0 Å². The number of epoxide rings is 1. The minimum absolute atomic E-state index is 0.102. The molecule has 3 rings (SSSR count). The number of hydrogen-bond acceptors (Lipinski definition) is 3. The molecule has 2 atom stereocenters. The van der Waals surface area contributed by atoms with Crippen molar-refractivity contribution in [3.63, 3.8) is 0 Å². The van der Waals surface area contributed by atoms with Crippen LogP contribution in [0.25, 0.3) is 0 Å². The van der Waals surface area contributed by atoms with Gasteiger partial charge in [0, 0.05) is 12.5 Å². The van der Waals surface area contributed by atoms with E-state index in [1.165, 1.54) is 11.1 Å². The highest BCUT2D eigenvalue weighted by Gasteiger charge is 2.49. The zero-order valence-corrected chi connectivity index (χ0v) is 15.6. The second-order valence-electron chi connectivity index (χ2n) is 7.98. The molecule has 0 spiro atoms. The fourth-order valence-electron chi connectivity index (χ4n) is 3.37. The number of ether oxygens (including phenoxy) is 3. The molecule has 2 aliphatic rings. The Morgan fingerprint density at radius 3 is 2.83 bits per heavy atom. The monoisotopic (exact) mass is 330 g/mol. The normalized spacial score (nSPS) is 27.5. The molecule has 1 aromatic rings. The molecule has 132 valence electrons. The Hall–Kier alpha value is -1.48. The fraction of sp³-hybridized carbons (Fsp3) is 0.619. The van der Waals surface area contributed by atoms with Crippen molar-refractivity contribution in [3.05, 3.63) is 35.4 Å². The number of benzene rings is 1. The highest BCUT2D eigenvalue weighted by Crippen LogP contribution is 2.42. The van der Waals surface area contributed by atoms with Gasteiger partial charge in [-0.1, -0.05) is 18.6 Å². The Labute approximate surface area is 146 Å². The van der Waals surface area contributed by atoms with Gasteiger partial charge in [0.25, 0.3) is 0 Å². The molecule has 2 heterocycles. The first kappa shape index (κ1) is 17.3. The predicted molar refractivity (Wildman–Crippen MR) is 96.9 cm³/mol. The first-order chi connectivity index (χ1) is 11.3. The lowest BCUT2D eigenvalue weighted by atomic mass is 9.99. The molecule has 0 radical (unpaired) electrons. The molecule has 0 aliphatic carbocycles. The number of hydrogen-bond donors (Lipinski definition) is 0. The summed E-state index contributed by atoms with van der Waals surface area (Å²) in [5.74, 6) is 1.84. The van der Waals surface area contributed by atoms with Crippen LogP contribution in [-0.2, 0) is 11.2 Å². The van der Waals surface area contributed by atoms with E-state index in [4.69, 9.17) is 14.2 Å².